The van der Waals surface area contributed by atoms with Crippen LogP contribution >= 0.6 is 7.82 Å². The summed E-state index contributed by atoms with van der Waals surface area (Å²) in [7, 11) is -4.64. The number of aliphatic hydroxyl groups is 1. The fourth-order valence-corrected chi connectivity index (χ4v) is 0.714. The quantitative estimate of drug-likeness (QED) is 0.183. The molecule has 0 spiro atoms. The Bertz CT molecular complexity index is 354. The summed E-state index contributed by atoms with van der Waals surface area (Å²) < 4.78 is 8.88. The summed E-state index contributed by atoms with van der Waals surface area (Å²) >= 11 is 0. The van der Waals surface area contributed by atoms with E-state index >= 15 is 0 Å². The van der Waals surface area contributed by atoms with E-state index in [4.69, 9.17) is 39.7 Å². The molecule has 9 N–H and O–H groups in total. The first-order valence-electron chi connectivity index (χ1n) is 3.95. The molecular formula is C6H15Na2O12P. The molecule has 0 aromatic carbocycles. The van der Waals surface area contributed by atoms with E-state index < -0.39 is 44.2 Å². The van der Waals surface area contributed by atoms with Crippen LogP contribution < -0.4 is 0 Å². The number of carbonyl (C=O) groups is 3. The van der Waals surface area contributed by atoms with Gasteiger partial charge in [-0.15, -0.1) is 0 Å². The van der Waals surface area contributed by atoms with E-state index in [9.17, 15) is 14.4 Å². The topological polar surface area (TPSA) is 241 Å². The van der Waals surface area contributed by atoms with Crippen molar-refractivity contribution in [3.63, 3.8) is 0 Å². The minimum absolute atomic E-state index is 0. The standard InChI is InChI=1S/C6H8O7.2Na.H3O4P.H2O.2H/c7-3(8)1-6(13,5(11)12)2-4(9)10;;;1-5(2,3)4;;;/h13H,1-2H2,(H,7,8)(H,9,10)(H,11,12);;;(H3,1,2,3,4);1H2;;. The normalized spacial score (nSPS) is 9.52. The maximum absolute atomic E-state index is 10.3. The number of aliphatic carboxylic acids is 3. The van der Waals surface area contributed by atoms with Crippen molar-refractivity contribution in [1.29, 1.82) is 0 Å². The van der Waals surface area contributed by atoms with Crippen LogP contribution in [0.2, 0.25) is 0 Å². The Morgan fingerprint density at radius 2 is 1.05 bits per heavy atom. The zero-order valence-electron chi connectivity index (χ0n) is 9.12. The zero-order valence-corrected chi connectivity index (χ0v) is 10.0. The van der Waals surface area contributed by atoms with Gasteiger partial charge in [0.05, 0.1) is 12.8 Å². The molecule has 0 saturated heterocycles. The third kappa shape index (κ3) is 25.7. The van der Waals surface area contributed by atoms with Crippen molar-refractivity contribution in [1.82, 2.24) is 0 Å². The number of phosphoric acid groups is 1. The molecule has 0 aromatic heterocycles. The molecule has 0 rings (SSSR count). The first-order valence-corrected chi connectivity index (χ1v) is 5.52. The molecule has 12 nitrogen and oxygen atoms in total. The van der Waals surface area contributed by atoms with E-state index in [1.807, 2.05) is 0 Å². The first kappa shape index (κ1) is 33.1. The maximum atomic E-state index is 10.3. The van der Waals surface area contributed by atoms with Gasteiger partial charge in [-0.2, -0.15) is 0 Å². The van der Waals surface area contributed by atoms with Crippen molar-refractivity contribution in [3.05, 3.63) is 0 Å². The molecule has 15 heteroatoms. The average molecular weight is 356 g/mol. The van der Waals surface area contributed by atoms with Gasteiger partial charge in [0.15, 0.2) is 5.60 Å². The molecule has 0 aromatic rings. The predicted octanol–water partition coefficient (Wildman–Crippen LogP) is -4.30. The number of carboxylic acid groups (broad SMARTS) is 3. The number of hydrogen-bond acceptors (Lipinski definition) is 5. The number of rotatable bonds is 5. The van der Waals surface area contributed by atoms with Crippen molar-refractivity contribution in [2.24, 2.45) is 0 Å². The van der Waals surface area contributed by atoms with E-state index in [-0.39, 0.29) is 64.6 Å². The second-order valence-electron chi connectivity index (χ2n) is 2.99. The molecule has 0 fully saturated rings. The second-order valence-corrected chi connectivity index (χ2v) is 4.02. The van der Waals surface area contributed by atoms with Gasteiger partial charge in [0.1, 0.15) is 0 Å². The Kier molecular flexibility index (Phi) is 22.2. The van der Waals surface area contributed by atoms with Crippen LogP contribution in [0.3, 0.4) is 0 Å². The van der Waals surface area contributed by atoms with E-state index in [1.54, 1.807) is 0 Å². The van der Waals surface area contributed by atoms with Crippen molar-refractivity contribution < 1.29 is 59.5 Å². The van der Waals surface area contributed by atoms with E-state index in [2.05, 4.69) is 0 Å². The Morgan fingerprint density at radius 3 is 1.14 bits per heavy atom. The summed E-state index contributed by atoms with van der Waals surface area (Å²) in [6.45, 7) is 0. The Hall–Kier alpha value is 0.440. The van der Waals surface area contributed by atoms with Crippen LogP contribution in [-0.4, -0.2) is 123 Å². The van der Waals surface area contributed by atoms with Crippen LogP contribution in [-0.2, 0) is 18.9 Å². The molecule has 0 aliphatic heterocycles. The SMILES string of the molecule is O.O=C(O)CC(O)(CC(=O)O)C(=O)O.O=P(O)(O)O.[NaH].[NaH]. The van der Waals surface area contributed by atoms with Crippen LogP contribution in [0.4, 0.5) is 0 Å². The van der Waals surface area contributed by atoms with Gasteiger partial charge in [-0.05, 0) is 0 Å². The van der Waals surface area contributed by atoms with Gasteiger partial charge in [0.25, 0.3) is 0 Å². The molecule has 0 amide bonds. The molecule has 118 valence electrons. The van der Waals surface area contributed by atoms with Crippen molar-refractivity contribution in [2.45, 2.75) is 18.4 Å². The molecule has 0 saturated carbocycles. The Labute approximate surface area is 161 Å². The van der Waals surface area contributed by atoms with Crippen LogP contribution in [0.1, 0.15) is 12.8 Å². The molecule has 0 atom stereocenters. The van der Waals surface area contributed by atoms with Crippen molar-refractivity contribution in [3.8, 4) is 0 Å². The zero-order chi connectivity index (χ0) is 15.1. The molecule has 0 unspecified atom stereocenters. The number of hydrogen-bond donors (Lipinski definition) is 7. The fourth-order valence-electron chi connectivity index (χ4n) is 0.714. The molecule has 0 heterocycles. The van der Waals surface area contributed by atoms with Gasteiger partial charge in [-0.1, -0.05) is 0 Å². The molecule has 0 aliphatic carbocycles. The van der Waals surface area contributed by atoms with Gasteiger partial charge in [-0.25, -0.2) is 9.36 Å². The summed E-state index contributed by atoms with van der Waals surface area (Å²) in [6, 6.07) is 0. The third-order valence-corrected chi connectivity index (χ3v) is 1.29. The van der Waals surface area contributed by atoms with Gasteiger partial charge in [0.2, 0.25) is 0 Å². The van der Waals surface area contributed by atoms with Gasteiger partial charge in [-0.3, -0.25) is 9.59 Å². The van der Waals surface area contributed by atoms with Crippen molar-refractivity contribution >= 4 is 84.8 Å². The summed E-state index contributed by atoms with van der Waals surface area (Å²) in [6.07, 6.45) is -2.29. The van der Waals surface area contributed by atoms with Crippen LogP contribution in [0.15, 0.2) is 0 Å². The van der Waals surface area contributed by atoms with Crippen molar-refractivity contribution in [2.75, 3.05) is 0 Å². The van der Waals surface area contributed by atoms with Gasteiger partial charge < -0.3 is 40.6 Å². The molecule has 0 aliphatic rings. The van der Waals surface area contributed by atoms with Crippen LogP contribution in [0.5, 0.6) is 0 Å². The summed E-state index contributed by atoms with van der Waals surface area (Å²) in [5.41, 5.74) is -2.74. The molecule has 21 heavy (non-hydrogen) atoms. The minimum atomic E-state index is -4.64. The van der Waals surface area contributed by atoms with E-state index in [0.717, 1.165) is 0 Å². The Balaban J connectivity index is -0.0000000933. The summed E-state index contributed by atoms with van der Waals surface area (Å²) in [4.78, 5) is 52.0. The number of carboxylic acids is 3. The third-order valence-electron chi connectivity index (χ3n) is 1.29. The van der Waals surface area contributed by atoms with Gasteiger partial charge >= 0.3 is 84.8 Å². The van der Waals surface area contributed by atoms with Gasteiger partial charge in [0, 0.05) is 0 Å². The summed E-state index contributed by atoms with van der Waals surface area (Å²) in [5.74, 6) is -5.02. The molecule has 0 bridgehead atoms. The fraction of sp³-hybridized carbons (Fsp3) is 0.500. The molecular weight excluding hydrogens is 341 g/mol. The summed E-state index contributed by atoms with van der Waals surface area (Å²) in [5, 5.41) is 33.8. The predicted molar refractivity (Wildman–Crippen MR) is 69.3 cm³/mol. The monoisotopic (exact) mass is 356 g/mol. The van der Waals surface area contributed by atoms with E-state index in [1.165, 1.54) is 0 Å². The first-order chi connectivity index (χ1) is 7.78. The Morgan fingerprint density at radius 1 is 0.857 bits per heavy atom. The van der Waals surface area contributed by atoms with Crippen LogP contribution in [0, 0.1) is 0 Å². The molecule has 0 radical (unpaired) electrons. The second kappa shape index (κ2) is 14.1. The van der Waals surface area contributed by atoms with Crippen LogP contribution in [0.25, 0.3) is 0 Å². The van der Waals surface area contributed by atoms with E-state index in [0.29, 0.717) is 0 Å². The average Bonchev–Trinajstić information content (AvgIpc) is 1.95.